The fourth-order valence-corrected chi connectivity index (χ4v) is 8.39. The molecular formula is C50H49Cl2N3O6. The SMILES string of the molecule is CCC(c1ccccc1)N1Cc2cc3c(cc2CC1C(=O)NCCc1ccc(-c2ccnc(C)c2C)cc1)OCC(c1ccc(OCc2ccc(Cl)c(Cl)c2)cc1)O3.O=CO. The molecule has 5 aromatic carbocycles. The number of carbonyl (C=O) groups excluding carboxylic acids is 1. The molecule has 61 heavy (non-hydrogen) atoms. The van der Waals surface area contributed by atoms with Gasteiger partial charge in [-0.3, -0.25) is 19.5 Å². The van der Waals surface area contributed by atoms with Crippen LogP contribution in [0.1, 0.15) is 70.1 Å². The van der Waals surface area contributed by atoms with Crippen molar-refractivity contribution in [1.82, 2.24) is 15.2 Å². The molecule has 0 saturated carbocycles. The Morgan fingerprint density at radius 3 is 2.36 bits per heavy atom. The van der Waals surface area contributed by atoms with Crippen LogP contribution in [0.15, 0.2) is 121 Å². The molecule has 3 unspecified atom stereocenters. The van der Waals surface area contributed by atoms with E-state index in [1.165, 1.54) is 27.8 Å². The molecule has 0 saturated heterocycles. The first kappa shape index (κ1) is 43.2. The Kier molecular flexibility index (Phi) is 14.3. The quantitative estimate of drug-likeness (QED) is 0.117. The predicted octanol–water partition coefficient (Wildman–Crippen LogP) is 10.7. The minimum absolute atomic E-state index is 0.0406. The van der Waals surface area contributed by atoms with E-state index in [1.54, 1.807) is 6.07 Å². The molecule has 3 atom stereocenters. The Bertz CT molecular complexity index is 2450. The normalized spacial score (nSPS) is 16.0. The molecule has 11 heteroatoms. The summed E-state index contributed by atoms with van der Waals surface area (Å²) in [4.78, 5) is 29.3. The highest BCUT2D eigenvalue weighted by Crippen LogP contribution is 2.42. The van der Waals surface area contributed by atoms with Crippen LogP contribution in [0.4, 0.5) is 0 Å². The minimum Gasteiger partial charge on any atom is -0.489 e. The number of aryl methyl sites for hydroxylation is 1. The second kappa shape index (κ2) is 20.1. The summed E-state index contributed by atoms with van der Waals surface area (Å²) in [7, 11) is 0. The number of pyridine rings is 1. The molecule has 2 N–H and O–H groups in total. The van der Waals surface area contributed by atoms with Crippen molar-refractivity contribution in [3.05, 3.63) is 176 Å². The van der Waals surface area contributed by atoms with Crippen molar-refractivity contribution in [2.45, 2.75) is 71.4 Å². The van der Waals surface area contributed by atoms with Crippen LogP contribution in [0.2, 0.25) is 10.0 Å². The lowest BCUT2D eigenvalue weighted by Gasteiger charge is -2.41. The summed E-state index contributed by atoms with van der Waals surface area (Å²) in [5.41, 5.74) is 11.2. The van der Waals surface area contributed by atoms with Crippen molar-refractivity contribution < 1.29 is 28.9 Å². The van der Waals surface area contributed by atoms with Gasteiger partial charge in [-0.15, -0.1) is 0 Å². The summed E-state index contributed by atoms with van der Waals surface area (Å²) in [6.45, 7) is 8.01. The van der Waals surface area contributed by atoms with E-state index < -0.39 is 0 Å². The van der Waals surface area contributed by atoms with Gasteiger partial charge in [-0.2, -0.15) is 0 Å². The number of ether oxygens (including phenoxy) is 3. The standard InChI is InChI=1S/C49H47Cl2N3O4.CH2O2/c1-4-44(36-8-6-5-7-9-36)54-28-39-27-47-46(57-30-48(58-47)37-15-17-40(18-16-37)56-29-34-12-19-42(50)43(51)24-34)26-38(39)25-45(54)49(55)53-22-20-33-10-13-35(14-11-33)41-21-23-52-32(3)31(41)2;2-1-3/h5-19,21,23-24,26-27,44-45,48H,4,20,22,25,28-30H2,1-3H3,(H,53,55);1H,(H,2,3). The molecule has 0 bridgehead atoms. The molecule has 2 aliphatic rings. The maximum atomic E-state index is 14.2. The van der Waals surface area contributed by atoms with Crippen LogP contribution >= 0.6 is 23.2 Å². The number of fused-ring (bicyclic) bond motifs is 2. The Balaban J connectivity index is 0.00000182. The largest absolute Gasteiger partial charge is 0.489 e. The van der Waals surface area contributed by atoms with Gasteiger partial charge in [0.1, 0.15) is 19.0 Å². The first-order valence-corrected chi connectivity index (χ1v) is 21.2. The van der Waals surface area contributed by atoms with Crippen LogP contribution in [0.5, 0.6) is 17.2 Å². The van der Waals surface area contributed by atoms with Crippen molar-refractivity contribution >= 4 is 35.6 Å². The van der Waals surface area contributed by atoms with Crippen molar-refractivity contribution in [3.63, 3.8) is 0 Å². The Morgan fingerprint density at radius 1 is 0.918 bits per heavy atom. The second-order valence-electron chi connectivity index (χ2n) is 15.2. The predicted molar refractivity (Wildman–Crippen MR) is 240 cm³/mol. The Morgan fingerprint density at radius 2 is 1.64 bits per heavy atom. The van der Waals surface area contributed by atoms with Crippen LogP contribution in [-0.4, -0.2) is 46.6 Å². The maximum Gasteiger partial charge on any atom is 0.290 e. The molecule has 1 aromatic heterocycles. The second-order valence-corrected chi connectivity index (χ2v) is 16.0. The first-order valence-electron chi connectivity index (χ1n) is 20.4. The van der Waals surface area contributed by atoms with Gasteiger partial charge in [-0.05, 0) is 126 Å². The third-order valence-electron chi connectivity index (χ3n) is 11.4. The molecule has 0 radical (unpaired) electrons. The van der Waals surface area contributed by atoms with Gasteiger partial charge < -0.3 is 24.6 Å². The molecule has 0 fully saturated rings. The topological polar surface area (TPSA) is 110 Å². The van der Waals surface area contributed by atoms with Gasteiger partial charge in [0.15, 0.2) is 17.6 Å². The zero-order valence-corrected chi connectivity index (χ0v) is 36.0. The van der Waals surface area contributed by atoms with E-state index in [-0.39, 0.29) is 30.6 Å². The van der Waals surface area contributed by atoms with Crippen molar-refractivity contribution in [2.24, 2.45) is 0 Å². The van der Waals surface area contributed by atoms with E-state index in [0.29, 0.717) is 54.3 Å². The summed E-state index contributed by atoms with van der Waals surface area (Å²) in [6.07, 6.45) is 3.77. The third kappa shape index (κ3) is 10.4. The number of carboxylic acid groups (broad SMARTS) is 1. The van der Waals surface area contributed by atoms with Crippen LogP contribution in [-0.2, 0) is 35.6 Å². The van der Waals surface area contributed by atoms with Crippen molar-refractivity contribution in [3.8, 4) is 28.4 Å². The van der Waals surface area contributed by atoms with Gasteiger partial charge in [0.2, 0.25) is 5.91 Å². The number of carbonyl (C=O) groups is 2. The lowest BCUT2D eigenvalue weighted by molar-refractivity contribution is -0.128. The van der Waals surface area contributed by atoms with Gasteiger partial charge in [-0.1, -0.05) is 103 Å². The zero-order chi connectivity index (χ0) is 42.9. The molecule has 6 aromatic rings. The highest BCUT2D eigenvalue weighted by Gasteiger charge is 2.37. The zero-order valence-electron chi connectivity index (χ0n) is 34.4. The highest BCUT2D eigenvalue weighted by atomic mass is 35.5. The van der Waals surface area contributed by atoms with Crippen LogP contribution in [0.25, 0.3) is 11.1 Å². The number of benzene rings is 5. The molecule has 0 spiro atoms. The van der Waals surface area contributed by atoms with Gasteiger partial charge in [0.05, 0.1) is 16.1 Å². The Hall–Kier alpha value is -5.87. The minimum atomic E-state index is -0.342. The number of halogens is 2. The average Bonchev–Trinajstić information content (AvgIpc) is 3.28. The smallest absolute Gasteiger partial charge is 0.290 e. The first-order chi connectivity index (χ1) is 29.6. The van der Waals surface area contributed by atoms with Gasteiger partial charge >= 0.3 is 0 Å². The summed E-state index contributed by atoms with van der Waals surface area (Å²) in [5, 5.41) is 11.2. The highest BCUT2D eigenvalue weighted by molar-refractivity contribution is 6.42. The molecule has 2 aliphatic heterocycles. The number of hydrogen-bond donors (Lipinski definition) is 2. The molecule has 8 rings (SSSR count). The fraction of sp³-hybridized carbons (Fsp3) is 0.260. The third-order valence-corrected chi connectivity index (χ3v) is 12.2. The van der Waals surface area contributed by atoms with E-state index >= 15 is 0 Å². The van der Waals surface area contributed by atoms with Gasteiger partial charge in [-0.25, -0.2) is 0 Å². The summed E-state index contributed by atoms with van der Waals surface area (Å²) in [5.74, 6) is 2.20. The Labute approximate surface area is 367 Å². The summed E-state index contributed by atoms with van der Waals surface area (Å²) >= 11 is 12.2. The molecular weight excluding hydrogens is 809 g/mol. The monoisotopic (exact) mass is 857 g/mol. The number of rotatable bonds is 12. The van der Waals surface area contributed by atoms with Crippen LogP contribution in [0.3, 0.4) is 0 Å². The van der Waals surface area contributed by atoms with Crippen molar-refractivity contribution in [2.75, 3.05) is 13.2 Å². The van der Waals surface area contributed by atoms with Crippen LogP contribution < -0.4 is 19.5 Å². The van der Waals surface area contributed by atoms with Gasteiger partial charge in [0, 0.05) is 31.0 Å². The number of hydrogen-bond acceptors (Lipinski definition) is 7. The molecule has 314 valence electrons. The summed E-state index contributed by atoms with van der Waals surface area (Å²) < 4.78 is 18.9. The maximum absolute atomic E-state index is 14.2. The molecule has 1 amide bonds. The molecule has 9 nitrogen and oxygen atoms in total. The lowest BCUT2D eigenvalue weighted by Crippen LogP contribution is -2.51. The lowest BCUT2D eigenvalue weighted by atomic mass is 9.89. The number of amides is 1. The van der Waals surface area contributed by atoms with Crippen LogP contribution in [0, 0.1) is 13.8 Å². The van der Waals surface area contributed by atoms with E-state index in [2.05, 4.69) is 95.8 Å². The molecule has 3 heterocycles. The van der Waals surface area contributed by atoms with Gasteiger partial charge in [0.25, 0.3) is 6.47 Å². The molecule has 0 aliphatic carbocycles. The number of aromatic nitrogens is 1. The number of nitrogens with one attached hydrogen (secondary N) is 1. The summed E-state index contributed by atoms with van der Waals surface area (Å²) in [6, 6.07) is 38.5. The van der Waals surface area contributed by atoms with E-state index in [4.69, 9.17) is 47.3 Å². The van der Waals surface area contributed by atoms with E-state index in [9.17, 15) is 4.79 Å². The number of nitrogens with zero attached hydrogens (tertiary/aromatic N) is 2. The van der Waals surface area contributed by atoms with E-state index in [0.717, 1.165) is 46.5 Å². The van der Waals surface area contributed by atoms with Crippen molar-refractivity contribution in [1.29, 1.82) is 0 Å². The average molecular weight is 859 g/mol. The fourth-order valence-electron chi connectivity index (χ4n) is 8.07. The van der Waals surface area contributed by atoms with E-state index in [1.807, 2.05) is 55.6 Å².